The maximum absolute atomic E-state index is 11.6. The van der Waals surface area contributed by atoms with E-state index >= 15 is 0 Å². The van der Waals surface area contributed by atoms with Crippen molar-refractivity contribution in [2.75, 3.05) is 12.4 Å². The molecule has 0 bridgehead atoms. The Kier molecular flexibility index (Phi) is 5.10. The van der Waals surface area contributed by atoms with Crippen LogP contribution in [-0.2, 0) is 9.53 Å². The summed E-state index contributed by atoms with van der Waals surface area (Å²) >= 11 is 1.17. The standard InChI is InChI=1S/C14H14N2O4S/c1-9-6-10(2)16-14(15-9)21-8-13(18)20-7-11(17)12-4-3-5-19-12/h3-6H,7-8H2,1-2H3. The smallest absolute Gasteiger partial charge is 0.316 e. The average Bonchev–Trinajstić information content (AvgIpc) is 2.95. The van der Waals surface area contributed by atoms with Crippen molar-refractivity contribution in [1.29, 1.82) is 0 Å². The highest BCUT2D eigenvalue weighted by atomic mass is 32.2. The number of esters is 1. The Morgan fingerprint density at radius 2 is 2.00 bits per heavy atom. The maximum Gasteiger partial charge on any atom is 0.316 e. The van der Waals surface area contributed by atoms with Crippen molar-refractivity contribution in [3.63, 3.8) is 0 Å². The van der Waals surface area contributed by atoms with Gasteiger partial charge in [0.15, 0.2) is 17.5 Å². The number of aromatic nitrogens is 2. The molecule has 0 N–H and O–H groups in total. The molecule has 6 nitrogen and oxygen atoms in total. The Morgan fingerprint density at radius 3 is 2.62 bits per heavy atom. The van der Waals surface area contributed by atoms with Gasteiger partial charge in [-0.05, 0) is 32.0 Å². The first-order valence-electron chi connectivity index (χ1n) is 6.22. The number of hydrogen-bond acceptors (Lipinski definition) is 7. The molecule has 0 saturated carbocycles. The third kappa shape index (κ3) is 4.71. The molecule has 2 rings (SSSR count). The Morgan fingerprint density at radius 1 is 1.29 bits per heavy atom. The van der Waals surface area contributed by atoms with Gasteiger partial charge in [0.2, 0.25) is 5.78 Å². The number of Topliss-reactive ketones (excluding diaryl/α,β-unsaturated/α-hetero) is 1. The summed E-state index contributed by atoms with van der Waals surface area (Å²) in [4.78, 5) is 31.6. The molecule has 0 aromatic carbocycles. The molecular formula is C14H14N2O4S. The van der Waals surface area contributed by atoms with E-state index in [1.165, 1.54) is 24.1 Å². The summed E-state index contributed by atoms with van der Waals surface area (Å²) < 4.78 is 9.80. The first kappa shape index (κ1) is 15.2. The summed E-state index contributed by atoms with van der Waals surface area (Å²) in [6.07, 6.45) is 1.39. The monoisotopic (exact) mass is 306 g/mol. The van der Waals surface area contributed by atoms with Crippen LogP contribution in [0.5, 0.6) is 0 Å². The lowest BCUT2D eigenvalue weighted by Crippen LogP contribution is -2.15. The fraction of sp³-hybridized carbons (Fsp3) is 0.286. The van der Waals surface area contributed by atoms with Gasteiger partial charge in [0.25, 0.3) is 0 Å². The first-order valence-corrected chi connectivity index (χ1v) is 7.20. The maximum atomic E-state index is 11.6. The second-order valence-corrected chi connectivity index (χ2v) is 5.23. The third-order valence-electron chi connectivity index (χ3n) is 2.44. The van der Waals surface area contributed by atoms with Gasteiger partial charge in [0, 0.05) is 11.4 Å². The van der Waals surface area contributed by atoms with E-state index in [1.807, 2.05) is 19.9 Å². The van der Waals surface area contributed by atoms with E-state index in [1.54, 1.807) is 6.07 Å². The van der Waals surface area contributed by atoms with Crippen LogP contribution in [0.4, 0.5) is 0 Å². The number of ether oxygens (including phenoxy) is 1. The summed E-state index contributed by atoms with van der Waals surface area (Å²) in [6.45, 7) is 3.39. The predicted octanol–water partition coefficient (Wildman–Crippen LogP) is 2.20. The number of hydrogen-bond donors (Lipinski definition) is 0. The van der Waals surface area contributed by atoms with Crippen molar-refractivity contribution in [2.24, 2.45) is 0 Å². The Bertz CT molecular complexity index is 620. The lowest BCUT2D eigenvalue weighted by molar-refractivity contribution is -0.139. The number of furan rings is 1. The molecule has 21 heavy (non-hydrogen) atoms. The van der Waals surface area contributed by atoms with Crippen molar-refractivity contribution >= 4 is 23.5 Å². The zero-order valence-corrected chi connectivity index (χ0v) is 12.5. The fourth-order valence-corrected chi connectivity index (χ4v) is 2.33. The van der Waals surface area contributed by atoms with E-state index < -0.39 is 5.97 Å². The highest BCUT2D eigenvalue weighted by Gasteiger charge is 2.13. The molecule has 2 heterocycles. The van der Waals surface area contributed by atoms with Gasteiger partial charge in [-0.1, -0.05) is 11.8 Å². The SMILES string of the molecule is Cc1cc(C)nc(SCC(=O)OCC(=O)c2ccco2)n1. The first-order chi connectivity index (χ1) is 10.0. The molecule has 110 valence electrons. The number of rotatable bonds is 6. The fourth-order valence-electron chi connectivity index (χ4n) is 1.58. The van der Waals surface area contributed by atoms with E-state index in [9.17, 15) is 9.59 Å². The summed E-state index contributed by atoms with van der Waals surface area (Å²) in [5, 5.41) is 0.516. The minimum atomic E-state index is -0.498. The quantitative estimate of drug-likeness (QED) is 0.350. The number of carbonyl (C=O) groups is 2. The Labute approximate surface area is 125 Å². The van der Waals surface area contributed by atoms with E-state index in [-0.39, 0.29) is 23.9 Å². The van der Waals surface area contributed by atoms with E-state index in [0.29, 0.717) is 5.16 Å². The molecule has 0 aliphatic heterocycles. The number of carbonyl (C=O) groups excluding carboxylic acids is 2. The van der Waals surface area contributed by atoms with Crippen molar-refractivity contribution in [3.8, 4) is 0 Å². The molecule has 0 aliphatic rings. The van der Waals surface area contributed by atoms with Crippen molar-refractivity contribution in [3.05, 3.63) is 41.6 Å². The Hall–Kier alpha value is -2.15. The summed E-state index contributed by atoms with van der Waals surface area (Å²) in [5.74, 6) is -0.648. The van der Waals surface area contributed by atoms with Crippen molar-refractivity contribution in [1.82, 2.24) is 9.97 Å². The van der Waals surface area contributed by atoms with Crippen LogP contribution < -0.4 is 0 Å². The normalized spacial score (nSPS) is 10.4. The molecule has 0 saturated heterocycles. The van der Waals surface area contributed by atoms with Crippen LogP contribution in [0.1, 0.15) is 21.9 Å². The predicted molar refractivity (Wildman–Crippen MR) is 76.2 cm³/mol. The van der Waals surface area contributed by atoms with Crippen LogP contribution in [0.15, 0.2) is 34.0 Å². The molecule has 2 aromatic heterocycles. The average molecular weight is 306 g/mol. The largest absolute Gasteiger partial charge is 0.461 e. The topological polar surface area (TPSA) is 82.3 Å². The molecule has 0 radical (unpaired) electrons. The number of ketones is 1. The number of thioether (sulfide) groups is 1. The molecule has 0 fully saturated rings. The van der Waals surface area contributed by atoms with Gasteiger partial charge in [-0.25, -0.2) is 9.97 Å². The highest BCUT2D eigenvalue weighted by molar-refractivity contribution is 7.99. The van der Waals surface area contributed by atoms with Gasteiger partial charge in [0.1, 0.15) is 0 Å². The number of nitrogens with zero attached hydrogens (tertiary/aromatic N) is 2. The summed E-state index contributed by atoms with van der Waals surface area (Å²) in [6, 6.07) is 4.97. The lowest BCUT2D eigenvalue weighted by atomic mass is 10.3. The van der Waals surface area contributed by atoms with E-state index in [2.05, 4.69) is 9.97 Å². The molecule has 0 aliphatic carbocycles. The van der Waals surface area contributed by atoms with Crippen LogP contribution in [0.25, 0.3) is 0 Å². The molecule has 0 spiro atoms. The third-order valence-corrected chi connectivity index (χ3v) is 3.26. The Balaban J connectivity index is 1.78. The van der Waals surface area contributed by atoms with Crippen LogP contribution in [-0.4, -0.2) is 34.1 Å². The highest BCUT2D eigenvalue weighted by Crippen LogP contribution is 2.14. The summed E-state index contributed by atoms with van der Waals surface area (Å²) in [7, 11) is 0. The van der Waals surface area contributed by atoms with Crippen LogP contribution in [0, 0.1) is 13.8 Å². The van der Waals surface area contributed by atoms with Crippen molar-refractivity contribution in [2.45, 2.75) is 19.0 Å². The lowest BCUT2D eigenvalue weighted by Gasteiger charge is -2.04. The molecule has 2 aromatic rings. The minimum Gasteiger partial charge on any atom is -0.461 e. The molecule has 0 amide bonds. The second-order valence-electron chi connectivity index (χ2n) is 4.28. The van der Waals surface area contributed by atoms with Gasteiger partial charge < -0.3 is 9.15 Å². The van der Waals surface area contributed by atoms with Crippen LogP contribution in [0.3, 0.4) is 0 Å². The summed E-state index contributed by atoms with van der Waals surface area (Å²) in [5.41, 5.74) is 1.68. The van der Waals surface area contributed by atoms with Gasteiger partial charge in [-0.15, -0.1) is 0 Å². The van der Waals surface area contributed by atoms with Gasteiger partial charge in [-0.2, -0.15) is 0 Å². The molecule has 0 unspecified atom stereocenters. The zero-order chi connectivity index (χ0) is 15.2. The van der Waals surface area contributed by atoms with Gasteiger partial charge >= 0.3 is 5.97 Å². The minimum absolute atomic E-state index is 0.0499. The van der Waals surface area contributed by atoms with Crippen molar-refractivity contribution < 1.29 is 18.7 Å². The van der Waals surface area contributed by atoms with Gasteiger partial charge in [-0.3, -0.25) is 9.59 Å². The molecule has 0 atom stereocenters. The second kappa shape index (κ2) is 7.03. The van der Waals surface area contributed by atoms with Gasteiger partial charge in [0.05, 0.1) is 12.0 Å². The van der Waals surface area contributed by atoms with Crippen LogP contribution >= 0.6 is 11.8 Å². The van der Waals surface area contributed by atoms with E-state index in [0.717, 1.165) is 11.4 Å². The van der Waals surface area contributed by atoms with E-state index in [4.69, 9.17) is 9.15 Å². The van der Waals surface area contributed by atoms with Crippen LogP contribution in [0.2, 0.25) is 0 Å². The molecular weight excluding hydrogens is 292 g/mol. The molecule has 7 heteroatoms. The zero-order valence-electron chi connectivity index (χ0n) is 11.7. The number of aryl methyl sites for hydroxylation is 2.